The first-order valence-electron chi connectivity index (χ1n) is 18.8. The summed E-state index contributed by atoms with van der Waals surface area (Å²) in [6.07, 6.45) is 10.9. The summed E-state index contributed by atoms with van der Waals surface area (Å²) in [6, 6.07) is 47.8. The molecule has 2 aromatic heterocycles. The predicted octanol–water partition coefficient (Wildman–Crippen LogP) is 15.1. The minimum atomic E-state index is 1.05. The Kier molecular flexibility index (Phi) is 6.13. The van der Waals surface area contributed by atoms with Crippen LogP contribution in [0.4, 0.5) is 0 Å². The molecule has 0 unspecified atom stereocenters. The molecular formula is C52H33NS. The van der Waals surface area contributed by atoms with Gasteiger partial charge in [-0.05, 0) is 138 Å². The van der Waals surface area contributed by atoms with Crippen molar-refractivity contribution in [2.24, 2.45) is 0 Å². The molecule has 2 aliphatic carbocycles. The summed E-state index contributed by atoms with van der Waals surface area (Å²) in [7, 11) is 0. The van der Waals surface area contributed by atoms with E-state index in [9.17, 15) is 0 Å². The third-order valence-corrected chi connectivity index (χ3v) is 13.3. The first-order chi connectivity index (χ1) is 26.7. The van der Waals surface area contributed by atoms with Gasteiger partial charge in [-0.1, -0.05) is 116 Å². The van der Waals surface area contributed by atoms with Gasteiger partial charge in [0.25, 0.3) is 0 Å². The number of hydrogen-bond acceptors (Lipinski definition) is 1. The van der Waals surface area contributed by atoms with Gasteiger partial charge in [0.2, 0.25) is 0 Å². The lowest BCUT2D eigenvalue weighted by atomic mass is 9.94. The SMILES string of the molecule is C=Cc1c(C=C)n(-c2ccc3c4ccccc4c4ccccc4c3c2)c2ccc(-c3ccc4sc5cc6c7c(cccc7c5c4c3)C3=C6CCC=C3)cc12. The minimum Gasteiger partial charge on any atom is -0.309 e. The van der Waals surface area contributed by atoms with Crippen LogP contribution in [0, 0.1) is 0 Å². The lowest BCUT2D eigenvalue weighted by Gasteiger charge is -2.14. The van der Waals surface area contributed by atoms with Crippen LogP contribution >= 0.6 is 11.3 Å². The van der Waals surface area contributed by atoms with E-state index in [0.717, 1.165) is 35.3 Å². The predicted molar refractivity (Wildman–Crippen MR) is 237 cm³/mol. The van der Waals surface area contributed by atoms with Crippen molar-refractivity contribution < 1.29 is 0 Å². The monoisotopic (exact) mass is 703 g/mol. The molecule has 8 aromatic carbocycles. The van der Waals surface area contributed by atoms with E-state index in [1.165, 1.54) is 102 Å². The van der Waals surface area contributed by atoms with Crippen LogP contribution in [0.2, 0.25) is 0 Å². The van der Waals surface area contributed by atoms with Crippen molar-refractivity contribution in [1.29, 1.82) is 0 Å². The summed E-state index contributed by atoms with van der Waals surface area (Å²) in [6.45, 7) is 8.60. The average Bonchev–Trinajstić information content (AvgIpc) is 3.88. The Balaban J connectivity index is 1.05. The zero-order valence-corrected chi connectivity index (χ0v) is 30.4. The fourth-order valence-electron chi connectivity index (χ4n) is 9.83. The highest BCUT2D eigenvalue weighted by Crippen LogP contribution is 2.51. The molecule has 2 heterocycles. The molecule has 0 spiro atoms. The Labute approximate surface area is 316 Å². The minimum absolute atomic E-state index is 1.05. The molecule has 0 saturated carbocycles. The summed E-state index contributed by atoms with van der Waals surface area (Å²) in [5, 5.41) is 14.3. The Morgan fingerprint density at radius 1 is 0.537 bits per heavy atom. The molecule has 2 aliphatic rings. The maximum atomic E-state index is 4.30. The Morgan fingerprint density at radius 3 is 2.00 bits per heavy atom. The highest BCUT2D eigenvalue weighted by molar-refractivity contribution is 7.26. The van der Waals surface area contributed by atoms with Crippen LogP contribution in [-0.4, -0.2) is 4.57 Å². The van der Waals surface area contributed by atoms with Crippen molar-refractivity contribution in [2.45, 2.75) is 12.8 Å². The number of benzene rings is 8. The van der Waals surface area contributed by atoms with Crippen LogP contribution in [0.5, 0.6) is 0 Å². The molecular weight excluding hydrogens is 671 g/mol. The Bertz CT molecular complexity index is 3380. The third kappa shape index (κ3) is 3.93. The number of fused-ring (bicyclic) bond motifs is 13. The van der Waals surface area contributed by atoms with Crippen LogP contribution in [0.15, 0.2) is 153 Å². The summed E-state index contributed by atoms with van der Waals surface area (Å²) in [5.74, 6) is 0. The van der Waals surface area contributed by atoms with Gasteiger partial charge in [0.05, 0.1) is 11.2 Å². The topological polar surface area (TPSA) is 4.93 Å². The van der Waals surface area contributed by atoms with Gasteiger partial charge < -0.3 is 4.57 Å². The standard InChI is InChI=1S/C52H33NS/c1-3-33-44-26-30(31-21-25-49-46(27-31)52-42-19-11-18-41-37-15-8-10-17-39(37)45(51(41)42)29-50(52)54-49)20-24-48(44)53(47(33)4-2)32-22-23-40-36-14-6-5-12-34(36)35-13-7-9-16-38(35)43(40)28-32/h3-9,11-16,18-29H,1-2,10,17H2. The van der Waals surface area contributed by atoms with Crippen molar-refractivity contribution in [2.75, 3.05) is 0 Å². The first-order valence-corrected chi connectivity index (χ1v) is 19.6. The zero-order valence-electron chi connectivity index (χ0n) is 29.6. The molecule has 1 nitrogen and oxygen atoms in total. The number of nitrogens with zero attached hydrogens (tertiary/aromatic N) is 1. The smallest absolute Gasteiger partial charge is 0.0541 e. The second-order valence-electron chi connectivity index (χ2n) is 14.8. The Morgan fingerprint density at radius 2 is 1.24 bits per heavy atom. The third-order valence-electron chi connectivity index (χ3n) is 12.1. The van der Waals surface area contributed by atoms with Crippen molar-refractivity contribution in [1.82, 2.24) is 4.57 Å². The molecule has 12 rings (SSSR count). The van der Waals surface area contributed by atoms with Crippen molar-refractivity contribution in [3.8, 4) is 16.8 Å². The van der Waals surface area contributed by atoms with Gasteiger partial charge in [-0.25, -0.2) is 0 Å². The van der Waals surface area contributed by atoms with Crippen molar-refractivity contribution in [3.63, 3.8) is 0 Å². The van der Waals surface area contributed by atoms with Crippen molar-refractivity contribution >= 4 is 109 Å². The molecule has 0 aliphatic heterocycles. The summed E-state index contributed by atoms with van der Waals surface area (Å²) >= 11 is 1.92. The van der Waals surface area contributed by atoms with E-state index in [1.807, 2.05) is 23.5 Å². The van der Waals surface area contributed by atoms with Crippen LogP contribution < -0.4 is 0 Å². The van der Waals surface area contributed by atoms with E-state index >= 15 is 0 Å². The van der Waals surface area contributed by atoms with Gasteiger partial charge in [0.15, 0.2) is 0 Å². The summed E-state index contributed by atoms with van der Waals surface area (Å²) in [4.78, 5) is 0. The summed E-state index contributed by atoms with van der Waals surface area (Å²) < 4.78 is 5.06. The van der Waals surface area contributed by atoms with Crippen LogP contribution in [0.25, 0.3) is 114 Å². The van der Waals surface area contributed by atoms with E-state index in [0.29, 0.717) is 0 Å². The maximum absolute atomic E-state index is 4.30. The lowest BCUT2D eigenvalue weighted by molar-refractivity contribution is 1.06. The number of aromatic nitrogens is 1. The van der Waals surface area contributed by atoms with Gasteiger partial charge in [0, 0.05) is 36.8 Å². The molecule has 0 amide bonds. The van der Waals surface area contributed by atoms with Gasteiger partial charge in [-0.3, -0.25) is 0 Å². The molecule has 0 saturated heterocycles. The second kappa shape index (κ2) is 11.0. The van der Waals surface area contributed by atoms with E-state index in [-0.39, 0.29) is 0 Å². The molecule has 0 fully saturated rings. The highest BCUT2D eigenvalue weighted by atomic mass is 32.1. The quantitative estimate of drug-likeness (QED) is 0.161. The molecule has 10 aromatic rings. The number of thiophene rings is 1. The summed E-state index contributed by atoms with van der Waals surface area (Å²) in [5.41, 5.74) is 12.6. The van der Waals surface area contributed by atoms with Crippen LogP contribution in [0.1, 0.15) is 35.2 Å². The van der Waals surface area contributed by atoms with Gasteiger partial charge in [-0.2, -0.15) is 0 Å². The second-order valence-corrected chi connectivity index (χ2v) is 15.9. The molecule has 252 valence electrons. The Hall–Kier alpha value is -6.48. The highest BCUT2D eigenvalue weighted by Gasteiger charge is 2.26. The van der Waals surface area contributed by atoms with Crippen LogP contribution in [0.3, 0.4) is 0 Å². The molecule has 0 N–H and O–H groups in total. The van der Waals surface area contributed by atoms with E-state index in [2.05, 4.69) is 157 Å². The molecule has 0 bridgehead atoms. The fourth-order valence-corrected chi connectivity index (χ4v) is 11.0. The first kappa shape index (κ1) is 30.0. The average molecular weight is 704 g/mol. The van der Waals surface area contributed by atoms with Gasteiger partial charge in [-0.15, -0.1) is 11.3 Å². The van der Waals surface area contributed by atoms with E-state index in [4.69, 9.17) is 0 Å². The molecule has 2 heteroatoms. The molecule has 0 atom stereocenters. The number of allylic oxidation sites excluding steroid dienone is 4. The maximum Gasteiger partial charge on any atom is 0.0541 e. The van der Waals surface area contributed by atoms with E-state index < -0.39 is 0 Å². The van der Waals surface area contributed by atoms with Crippen molar-refractivity contribution in [3.05, 3.63) is 175 Å². The van der Waals surface area contributed by atoms with Crippen LogP contribution in [-0.2, 0) is 0 Å². The molecule has 0 radical (unpaired) electrons. The lowest BCUT2D eigenvalue weighted by Crippen LogP contribution is -1.97. The largest absolute Gasteiger partial charge is 0.309 e. The van der Waals surface area contributed by atoms with Gasteiger partial charge in [0.1, 0.15) is 0 Å². The normalized spacial score (nSPS) is 13.8. The molecule has 54 heavy (non-hydrogen) atoms. The number of hydrogen-bond donors (Lipinski definition) is 0. The zero-order chi connectivity index (χ0) is 35.7. The van der Waals surface area contributed by atoms with Gasteiger partial charge >= 0.3 is 0 Å². The number of rotatable bonds is 4. The van der Waals surface area contributed by atoms with E-state index in [1.54, 1.807) is 0 Å². The fraction of sp³-hybridized carbons (Fsp3) is 0.0385.